The Bertz CT molecular complexity index is 285. The predicted molar refractivity (Wildman–Crippen MR) is 67.5 cm³/mol. The molecule has 4 N–H and O–H groups in total. The van der Waals surface area contributed by atoms with Crippen LogP contribution in [0.1, 0.15) is 0 Å². The molecule has 0 aliphatic carbocycles. The number of aliphatic hydroxyl groups is 1. The molecule has 0 spiro atoms. The molecular formula is C9H16Cl2N2O2. The number of nitrogen functional groups attached to an aromatic ring is 1. The van der Waals surface area contributed by atoms with Crippen molar-refractivity contribution in [2.24, 2.45) is 0 Å². The summed E-state index contributed by atoms with van der Waals surface area (Å²) >= 11 is 0. The Kier molecular flexibility index (Phi) is 9.36. The average Bonchev–Trinajstić information content (AvgIpc) is 2.15. The zero-order valence-corrected chi connectivity index (χ0v) is 10.0. The van der Waals surface area contributed by atoms with Crippen molar-refractivity contribution in [1.82, 2.24) is 0 Å². The number of aliphatic hydroxyl groups excluding tert-OH is 1. The lowest BCUT2D eigenvalue weighted by atomic mass is 10.2. The van der Waals surface area contributed by atoms with Gasteiger partial charge in [0.15, 0.2) is 0 Å². The van der Waals surface area contributed by atoms with Gasteiger partial charge in [0, 0.05) is 12.2 Å². The van der Waals surface area contributed by atoms with Crippen LogP contribution in [0.25, 0.3) is 0 Å². The van der Waals surface area contributed by atoms with Crippen LogP contribution in [0.3, 0.4) is 0 Å². The minimum absolute atomic E-state index is 0. The molecular weight excluding hydrogens is 239 g/mol. The molecule has 1 aromatic carbocycles. The topological polar surface area (TPSA) is 67.5 Å². The van der Waals surface area contributed by atoms with E-state index in [0.29, 0.717) is 18.0 Å². The van der Waals surface area contributed by atoms with E-state index in [4.69, 9.17) is 15.6 Å². The first-order valence-corrected chi connectivity index (χ1v) is 4.06. The highest BCUT2D eigenvalue weighted by molar-refractivity contribution is 5.85. The summed E-state index contributed by atoms with van der Waals surface area (Å²) < 4.78 is 5.00. The van der Waals surface area contributed by atoms with E-state index in [9.17, 15) is 0 Å². The van der Waals surface area contributed by atoms with Gasteiger partial charge in [-0.15, -0.1) is 24.8 Å². The Labute approximate surface area is 102 Å². The third-order valence-corrected chi connectivity index (χ3v) is 1.67. The van der Waals surface area contributed by atoms with Crippen molar-refractivity contribution in [2.75, 3.05) is 31.3 Å². The zero-order valence-electron chi connectivity index (χ0n) is 8.40. The van der Waals surface area contributed by atoms with E-state index >= 15 is 0 Å². The predicted octanol–water partition coefficient (Wildman–Crippen LogP) is 1.53. The van der Waals surface area contributed by atoms with Gasteiger partial charge in [0.1, 0.15) is 5.75 Å². The zero-order chi connectivity index (χ0) is 9.68. The molecule has 1 rings (SSSR count). The van der Waals surface area contributed by atoms with Crippen molar-refractivity contribution in [3.05, 3.63) is 18.2 Å². The third kappa shape index (κ3) is 4.97. The lowest BCUT2D eigenvalue weighted by Gasteiger charge is -2.08. The van der Waals surface area contributed by atoms with Gasteiger partial charge in [0.25, 0.3) is 0 Å². The second-order valence-corrected chi connectivity index (χ2v) is 2.61. The van der Waals surface area contributed by atoms with Crippen LogP contribution in [-0.2, 0) is 0 Å². The number of ether oxygens (including phenoxy) is 1. The Balaban J connectivity index is 0. The molecule has 0 aliphatic rings. The smallest absolute Gasteiger partial charge is 0.141 e. The lowest BCUT2D eigenvalue weighted by molar-refractivity contribution is 0.311. The number of anilines is 2. The molecule has 88 valence electrons. The number of nitrogens with one attached hydrogen (secondary N) is 1. The fourth-order valence-electron chi connectivity index (χ4n) is 1.04. The van der Waals surface area contributed by atoms with Crippen molar-refractivity contribution in [1.29, 1.82) is 0 Å². The molecule has 0 aromatic heterocycles. The summed E-state index contributed by atoms with van der Waals surface area (Å²) in [7, 11) is 1.58. The molecule has 0 atom stereocenters. The maximum atomic E-state index is 8.58. The molecule has 0 unspecified atom stereocenters. The van der Waals surface area contributed by atoms with Gasteiger partial charge >= 0.3 is 0 Å². The largest absolute Gasteiger partial charge is 0.495 e. The first kappa shape index (κ1) is 16.6. The van der Waals surface area contributed by atoms with E-state index in [1.54, 1.807) is 19.2 Å². The fraction of sp³-hybridized carbons (Fsp3) is 0.333. The van der Waals surface area contributed by atoms with Crippen LogP contribution in [0.4, 0.5) is 11.4 Å². The Morgan fingerprint density at radius 1 is 1.40 bits per heavy atom. The normalized spacial score (nSPS) is 8.40. The molecule has 0 saturated heterocycles. The van der Waals surface area contributed by atoms with Gasteiger partial charge in [-0.3, -0.25) is 0 Å². The maximum Gasteiger partial charge on any atom is 0.141 e. The summed E-state index contributed by atoms with van der Waals surface area (Å²) in [6.45, 7) is 0.623. The lowest BCUT2D eigenvalue weighted by Crippen LogP contribution is -2.05. The molecule has 4 nitrogen and oxygen atoms in total. The second kappa shape index (κ2) is 8.47. The van der Waals surface area contributed by atoms with Crippen LogP contribution in [0.2, 0.25) is 0 Å². The number of hydrogen-bond donors (Lipinski definition) is 3. The van der Waals surface area contributed by atoms with Crippen molar-refractivity contribution in [3.63, 3.8) is 0 Å². The quantitative estimate of drug-likeness (QED) is 0.714. The van der Waals surface area contributed by atoms with Crippen LogP contribution >= 0.6 is 24.8 Å². The van der Waals surface area contributed by atoms with E-state index in [1.807, 2.05) is 6.07 Å². The van der Waals surface area contributed by atoms with E-state index in [2.05, 4.69) is 5.32 Å². The van der Waals surface area contributed by atoms with Crippen LogP contribution < -0.4 is 15.8 Å². The molecule has 6 heteroatoms. The van der Waals surface area contributed by atoms with Crippen LogP contribution in [0, 0.1) is 0 Å². The summed E-state index contributed by atoms with van der Waals surface area (Å²) in [5.41, 5.74) is 7.15. The second-order valence-electron chi connectivity index (χ2n) is 2.61. The molecule has 0 aliphatic heterocycles. The van der Waals surface area contributed by atoms with Crippen molar-refractivity contribution >= 4 is 36.2 Å². The van der Waals surface area contributed by atoms with Gasteiger partial charge in [-0.2, -0.15) is 0 Å². The number of methoxy groups -OCH3 is 1. The summed E-state index contributed by atoms with van der Waals surface area (Å²) in [5.74, 6) is 0.662. The minimum atomic E-state index is 0. The first-order valence-electron chi connectivity index (χ1n) is 4.06. The van der Waals surface area contributed by atoms with Gasteiger partial charge in [-0.05, 0) is 18.2 Å². The van der Waals surface area contributed by atoms with Crippen LogP contribution in [-0.4, -0.2) is 25.4 Å². The summed E-state index contributed by atoms with van der Waals surface area (Å²) in [4.78, 5) is 0. The summed E-state index contributed by atoms with van der Waals surface area (Å²) in [6, 6.07) is 5.41. The number of rotatable bonds is 4. The van der Waals surface area contributed by atoms with Crippen LogP contribution in [0.15, 0.2) is 18.2 Å². The van der Waals surface area contributed by atoms with Crippen molar-refractivity contribution in [2.45, 2.75) is 0 Å². The SMILES string of the molecule is COc1ccc(NCCO)cc1N.Cl.Cl. The Morgan fingerprint density at radius 3 is 2.53 bits per heavy atom. The highest BCUT2D eigenvalue weighted by Gasteiger charge is 1.99. The van der Waals surface area contributed by atoms with Crippen molar-refractivity contribution < 1.29 is 9.84 Å². The maximum absolute atomic E-state index is 8.58. The van der Waals surface area contributed by atoms with E-state index in [0.717, 1.165) is 5.69 Å². The molecule has 0 heterocycles. The molecule has 0 bridgehead atoms. The van der Waals surface area contributed by atoms with Gasteiger partial charge in [-0.25, -0.2) is 0 Å². The minimum Gasteiger partial charge on any atom is -0.495 e. The van der Waals surface area contributed by atoms with Gasteiger partial charge in [0.2, 0.25) is 0 Å². The monoisotopic (exact) mass is 254 g/mol. The summed E-state index contributed by atoms with van der Waals surface area (Å²) in [6.07, 6.45) is 0. The highest BCUT2D eigenvalue weighted by Crippen LogP contribution is 2.24. The fourth-order valence-corrected chi connectivity index (χ4v) is 1.04. The van der Waals surface area contributed by atoms with E-state index < -0.39 is 0 Å². The third-order valence-electron chi connectivity index (χ3n) is 1.67. The van der Waals surface area contributed by atoms with Gasteiger partial charge < -0.3 is 20.9 Å². The molecule has 0 amide bonds. The standard InChI is InChI=1S/C9H14N2O2.2ClH/c1-13-9-3-2-7(6-8(9)10)11-4-5-12;;/h2-3,6,11-12H,4-5,10H2,1H3;2*1H. The number of benzene rings is 1. The van der Waals surface area contributed by atoms with Crippen LogP contribution in [0.5, 0.6) is 5.75 Å². The number of nitrogens with two attached hydrogens (primary N) is 1. The number of halogens is 2. The molecule has 15 heavy (non-hydrogen) atoms. The molecule has 0 radical (unpaired) electrons. The molecule has 0 fully saturated rings. The molecule has 0 saturated carbocycles. The van der Waals surface area contributed by atoms with Gasteiger partial charge in [-0.1, -0.05) is 0 Å². The summed E-state index contributed by atoms with van der Waals surface area (Å²) in [5, 5.41) is 11.6. The molecule has 1 aromatic rings. The van der Waals surface area contributed by atoms with E-state index in [-0.39, 0.29) is 31.4 Å². The number of hydrogen-bond acceptors (Lipinski definition) is 4. The Hall–Kier alpha value is -0.840. The first-order chi connectivity index (χ1) is 6.27. The van der Waals surface area contributed by atoms with Gasteiger partial charge in [0.05, 0.1) is 19.4 Å². The Morgan fingerprint density at radius 2 is 2.07 bits per heavy atom. The average molecular weight is 255 g/mol. The highest BCUT2D eigenvalue weighted by atomic mass is 35.5. The van der Waals surface area contributed by atoms with Crippen molar-refractivity contribution in [3.8, 4) is 5.75 Å². The van der Waals surface area contributed by atoms with E-state index in [1.165, 1.54) is 0 Å².